The van der Waals surface area contributed by atoms with Crippen molar-refractivity contribution in [1.82, 2.24) is 0 Å². The molecule has 0 atom stereocenters. The highest BCUT2D eigenvalue weighted by atomic mass is 16.3. The predicted molar refractivity (Wildman–Crippen MR) is 253 cm³/mol. The van der Waals surface area contributed by atoms with Crippen molar-refractivity contribution in [3.05, 3.63) is 237 Å². The molecule has 10 aromatic carbocycles. The van der Waals surface area contributed by atoms with E-state index >= 15 is 0 Å². The number of benzene rings is 10. The summed E-state index contributed by atoms with van der Waals surface area (Å²) in [6.07, 6.45) is 0. The van der Waals surface area contributed by atoms with Crippen LogP contribution in [0.15, 0.2) is 241 Å². The zero-order valence-electron chi connectivity index (χ0n) is 32.9. The second-order valence-electron chi connectivity index (χ2n) is 15.3. The van der Waals surface area contributed by atoms with E-state index in [-0.39, 0.29) is 0 Å². The molecule has 0 bridgehead atoms. The molecule has 60 heavy (non-hydrogen) atoms. The summed E-state index contributed by atoms with van der Waals surface area (Å²) in [6.45, 7) is 0. The lowest BCUT2D eigenvalue weighted by Crippen LogP contribution is -2.11. The number of hydrogen-bond donors (Lipinski definition) is 0. The SMILES string of the molecule is c1ccc(-c2ccccc2N(c2ccc(-c3cccc(-c4oc5ccccc5c4-c4ccccc4)c3)cc2)c2ccc(-c3cc4ccccc4c4ccccc34)cc2)cc1. The van der Waals surface area contributed by atoms with Gasteiger partial charge in [-0.1, -0.05) is 188 Å². The molecule has 0 saturated carbocycles. The van der Waals surface area contributed by atoms with Crippen molar-refractivity contribution in [2.75, 3.05) is 4.90 Å². The van der Waals surface area contributed by atoms with Gasteiger partial charge in [-0.25, -0.2) is 0 Å². The van der Waals surface area contributed by atoms with E-state index in [1.165, 1.54) is 43.8 Å². The lowest BCUT2D eigenvalue weighted by molar-refractivity contribution is 0.632. The van der Waals surface area contributed by atoms with Crippen LogP contribution >= 0.6 is 0 Å². The standard InChI is InChI=1S/C58H39NO/c1-3-16-41(17-4-1)50-24-11-13-28-55(50)59(48-36-32-42(33-37-48)54-39-45-20-7-8-23-49(45)51-25-9-10-26-52(51)54)47-34-30-40(31-35-47)44-21-15-22-46(38-44)58-57(43-18-5-2-6-19-43)53-27-12-14-29-56(53)60-58/h1-39H. The van der Waals surface area contributed by atoms with Crippen LogP contribution in [0.3, 0.4) is 0 Å². The van der Waals surface area contributed by atoms with Crippen LogP contribution in [0.2, 0.25) is 0 Å². The highest BCUT2D eigenvalue weighted by Gasteiger charge is 2.20. The molecule has 282 valence electrons. The number of furan rings is 1. The van der Waals surface area contributed by atoms with Gasteiger partial charge in [0, 0.05) is 33.5 Å². The van der Waals surface area contributed by atoms with Gasteiger partial charge in [-0.3, -0.25) is 0 Å². The van der Waals surface area contributed by atoms with Crippen molar-refractivity contribution >= 4 is 49.6 Å². The summed E-state index contributed by atoms with van der Waals surface area (Å²) < 4.78 is 6.60. The number of nitrogens with zero attached hydrogens (tertiary/aromatic N) is 1. The largest absolute Gasteiger partial charge is 0.455 e. The number of fused-ring (bicyclic) bond motifs is 4. The quantitative estimate of drug-likeness (QED) is 0.143. The Morgan fingerprint density at radius 2 is 0.833 bits per heavy atom. The highest BCUT2D eigenvalue weighted by molar-refractivity contribution is 6.14. The number of anilines is 3. The van der Waals surface area contributed by atoms with Gasteiger partial charge in [-0.2, -0.15) is 0 Å². The van der Waals surface area contributed by atoms with E-state index in [1.807, 2.05) is 6.07 Å². The molecule has 0 spiro atoms. The van der Waals surface area contributed by atoms with E-state index in [1.54, 1.807) is 0 Å². The number of hydrogen-bond acceptors (Lipinski definition) is 2. The van der Waals surface area contributed by atoms with Crippen molar-refractivity contribution in [2.45, 2.75) is 0 Å². The van der Waals surface area contributed by atoms with Gasteiger partial charge in [0.05, 0.1) is 5.69 Å². The zero-order chi connectivity index (χ0) is 39.8. The van der Waals surface area contributed by atoms with Crippen LogP contribution in [0.25, 0.3) is 88.3 Å². The molecule has 11 rings (SSSR count). The first kappa shape index (κ1) is 35.2. The highest BCUT2D eigenvalue weighted by Crippen LogP contribution is 2.44. The van der Waals surface area contributed by atoms with Crippen LogP contribution in [0.4, 0.5) is 17.1 Å². The van der Waals surface area contributed by atoms with Crippen LogP contribution in [-0.4, -0.2) is 0 Å². The minimum absolute atomic E-state index is 0.879. The van der Waals surface area contributed by atoms with Gasteiger partial charge >= 0.3 is 0 Å². The van der Waals surface area contributed by atoms with Gasteiger partial charge in [0.1, 0.15) is 11.3 Å². The molecule has 0 aliphatic rings. The van der Waals surface area contributed by atoms with Gasteiger partial charge in [-0.05, 0) is 103 Å². The van der Waals surface area contributed by atoms with Crippen molar-refractivity contribution in [2.24, 2.45) is 0 Å². The molecular weight excluding hydrogens is 727 g/mol. The molecule has 0 unspecified atom stereocenters. The minimum Gasteiger partial charge on any atom is -0.455 e. The van der Waals surface area contributed by atoms with Crippen LogP contribution in [0, 0.1) is 0 Å². The van der Waals surface area contributed by atoms with Crippen LogP contribution < -0.4 is 4.90 Å². The Bertz CT molecular complexity index is 3290. The van der Waals surface area contributed by atoms with E-state index < -0.39 is 0 Å². The smallest absolute Gasteiger partial charge is 0.143 e. The van der Waals surface area contributed by atoms with Crippen molar-refractivity contribution in [3.8, 4) is 55.8 Å². The van der Waals surface area contributed by atoms with Gasteiger partial charge in [-0.15, -0.1) is 0 Å². The maximum absolute atomic E-state index is 6.60. The molecule has 0 N–H and O–H groups in total. The van der Waals surface area contributed by atoms with E-state index in [4.69, 9.17) is 4.42 Å². The topological polar surface area (TPSA) is 16.4 Å². The molecule has 0 radical (unpaired) electrons. The molecule has 0 aliphatic carbocycles. The second kappa shape index (κ2) is 15.1. The normalized spacial score (nSPS) is 11.3. The lowest BCUT2D eigenvalue weighted by Gasteiger charge is -2.28. The van der Waals surface area contributed by atoms with Crippen molar-refractivity contribution in [3.63, 3.8) is 0 Å². The first-order chi connectivity index (χ1) is 29.8. The zero-order valence-corrected chi connectivity index (χ0v) is 32.9. The summed E-state index contributed by atoms with van der Waals surface area (Å²) in [5.74, 6) is 0.879. The summed E-state index contributed by atoms with van der Waals surface area (Å²) in [4.78, 5) is 2.38. The molecular formula is C58H39NO. The Morgan fingerprint density at radius 3 is 1.58 bits per heavy atom. The number of para-hydroxylation sites is 2. The fourth-order valence-corrected chi connectivity index (χ4v) is 8.82. The molecule has 11 aromatic rings. The molecule has 0 fully saturated rings. The Morgan fingerprint density at radius 1 is 0.300 bits per heavy atom. The average Bonchev–Trinajstić information content (AvgIpc) is 3.73. The van der Waals surface area contributed by atoms with E-state index in [2.05, 4.69) is 235 Å². The molecule has 2 heteroatoms. The molecule has 0 amide bonds. The second-order valence-corrected chi connectivity index (χ2v) is 15.3. The monoisotopic (exact) mass is 765 g/mol. The van der Waals surface area contributed by atoms with E-state index in [0.29, 0.717) is 0 Å². The molecule has 0 saturated heterocycles. The third kappa shape index (κ3) is 6.32. The number of rotatable bonds is 8. The Hall–Kier alpha value is -7.94. The minimum atomic E-state index is 0.879. The maximum Gasteiger partial charge on any atom is 0.143 e. The van der Waals surface area contributed by atoms with Crippen LogP contribution in [-0.2, 0) is 0 Å². The Labute approximate surface area is 349 Å². The first-order valence-electron chi connectivity index (χ1n) is 20.5. The van der Waals surface area contributed by atoms with Crippen molar-refractivity contribution < 1.29 is 4.42 Å². The summed E-state index contributed by atoms with van der Waals surface area (Å²) in [5.41, 5.74) is 14.5. The van der Waals surface area contributed by atoms with E-state index in [9.17, 15) is 0 Å². The maximum atomic E-state index is 6.60. The Balaban J connectivity index is 1.00. The first-order valence-corrected chi connectivity index (χ1v) is 20.5. The average molecular weight is 766 g/mol. The van der Waals surface area contributed by atoms with Gasteiger partial charge < -0.3 is 9.32 Å². The van der Waals surface area contributed by atoms with Gasteiger partial charge in [0.15, 0.2) is 0 Å². The summed E-state index contributed by atoms with van der Waals surface area (Å²) in [7, 11) is 0. The molecule has 2 nitrogen and oxygen atoms in total. The summed E-state index contributed by atoms with van der Waals surface area (Å²) in [6, 6.07) is 84.7. The fraction of sp³-hybridized carbons (Fsp3) is 0. The molecule has 0 aliphatic heterocycles. The van der Waals surface area contributed by atoms with Gasteiger partial charge in [0.25, 0.3) is 0 Å². The fourth-order valence-electron chi connectivity index (χ4n) is 8.82. The van der Waals surface area contributed by atoms with Crippen LogP contribution in [0.1, 0.15) is 0 Å². The Kier molecular flexibility index (Phi) is 8.87. The lowest BCUT2D eigenvalue weighted by atomic mass is 9.93. The van der Waals surface area contributed by atoms with Crippen molar-refractivity contribution in [1.29, 1.82) is 0 Å². The third-order valence-electron chi connectivity index (χ3n) is 11.7. The predicted octanol–water partition coefficient (Wildman–Crippen LogP) is 16.5. The van der Waals surface area contributed by atoms with Gasteiger partial charge in [0.2, 0.25) is 0 Å². The summed E-state index contributed by atoms with van der Waals surface area (Å²) >= 11 is 0. The third-order valence-corrected chi connectivity index (χ3v) is 11.7. The summed E-state index contributed by atoms with van der Waals surface area (Å²) in [5, 5.41) is 6.16. The van der Waals surface area contributed by atoms with Crippen LogP contribution in [0.5, 0.6) is 0 Å². The molecule has 1 heterocycles. The van der Waals surface area contributed by atoms with E-state index in [0.717, 1.165) is 61.6 Å². The molecule has 1 aromatic heterocycles.